The molecule has 0 aliphatic heterocycles. The zero-order chi connectivity index (χ0) is 24.9. The summed E-state index contributed by atoms with van der Waals surface area (Å²) in [6, 6.07) is 25.2. The Morgan fingerprint density at radius 2 is 1.20 bits per heavy atom. The number of ether oxygens (including phenoxy) is 2. The normalized spacial score (nSPS) is 12.2. The van der Waals surface area contributed by atoms with E-state index in [2.05, 4.69) is 10.6 Å². The van der Waals surface area contributed by atoms with Crippen LogP contribution < -0.4 is 10.6 Å². The van der Waals surface area contributed by atoms with Crippen molar-refractivity contribution in [2.45, 2.75) is 31.7 Å². The number of carboxylic acids is 1. The van der Waals surface area contributed by atoms with E-state index >= 15 is 0 Å². The Morgan fingerprint density at radius 3 is 1.74 bits per heavy atom. The number of carbonyl (C=O) groups excluding carboxylic acids is 2. The lowest BCUT2D eigenvalue weighted by Crippen LogP contribution is -2.53. The highest BCUT2D eigenvalue weighted by Gasteiger charge is 2.27. The molecule has 0 spiro atoms. The van der Waals surface area contributed by atoms with Crippen molar-refractivity contribution in [3.63, 3.8) is 0 Å². The minimum absolute atomic E-state index is 0.0391. The molecule has 0 aliphatic carbocycles. The van der Waals surface area contributed by atoms with E-state index < -0.39 is 30.1 Å². The molecule has 0 fully saturated rings. The molecule has 0 bridgehead atoms. The number of aliphatic carboxylic acids is 1. The minimum Gasteiger partial charge on any atom is -0.480 e. The van der Waals surface area contributed by atoms with E-state index in [1.165, 1.54) is 0 Å². The van der Waals surface area contributed by atoms with Crippen molar-refractivity contribution in [3.8, 4) is 0 Å². The molecule has 2 amide bonds. The third-order valence-electron chi connectivity index (χ3n) is 5.11. The van der Waals surface area contributed by atoms with Crippen molar-refractivity contribution in [1.29, 1.82) is 0 Å². The molecule has 3 aromatic rings. The van der Waals surface area contributed by atoms with Crippen LogP contribution in [0.5, 0.6) is 0 Å². The zero-order valence-corrected chi connectivity index (χ0v) is 19.1. The van der Waals surface area contributed by atoms with E-state index in [9.17, 15) is 19.5 Å². The van der Waals surface area contributed by atoms with Crippen LogP contribution in [0.4, 0.5) is 4.79 Å². The largest absolute Gasteiger partial charge is 0.480 e. The highest BCUT2D eigenvalue weighted by molar-refractivity contribution is 5.89. The number of alkyl carbamates (subject to hydrolysis) is 1. The fourth-order valence-electron chi connectivity index (χ4n) is 3.28. The monoisotopic (exact) mass is 476 g/mol. The van der Waals surface area contributed by atoms with Crippen LogP contribution in [0, 0.1) is 0 Å². The van der Waals surface area contributed by atoms with Crippen molar-refractivity contribution in [2.75, 3.05) is 6.61 Å². The van der Waals surface area contributed by atoms with E-state index in [1.54, 1.807) is 0 Å². The lowest BCUT2D eigenvalue weighted by molar-refractivity contribution is -0.144. The lowest BCUT2D eigenvalue weighted by atomic mass is 10.1. The third-order valence-corrected chi connectivity index (χ3v) is 5.11. The number of nitrogens with one attached hydrogen (secondary N) is 2. The standard InChI is InChI=1S/C27H28N2O6/c30-25(28-24(26(31)32)19-34-17-21-12-6-2-7-13-21)23(16-20-10-4-1-5-11-20)29-27(33)35-18-22-14-8-3-9-15-22/h1-15,23-24H,16-19H2,(H,28,30)(H,29,33)(H,31,32)/t23-,24-/m0/s1. The van der Waals surface area contributed by atoms with Gasteiger partial charge in [-0.25, -0.2) is 9.59 Å². The molecular weight excluding hydrogens is 448 g/mol. The molecule has 8 nitrogen and oxygen atoms in total. The second kappa shape index (κ2) is 13.5. The van der Waals surface area contributed by atoms with Gasteiger partial charge in [-0.15, -0.1) is 0 Å². The predicted octanol–water partition coefficient (Wildman–Crippen LogP) is 3.31. The van der Waals surface area contributed by atoms with Crippen molar-refractivity contribution in [3.05, 3.63) is 108 Å². The second-order valence-corrected chi connectivity index (χ2v) is 7.85. The number of carboxylic acid groups (broad SMARTS) is 1. The summed E-state index contributed by atoms with van der Waals surface area (Å²) in [7, 11) is 0. The van der Waals surface area contributed by atoms with Crippen LogP contribution in [-0.2, 0) is 38.7 Å². The molecule has 0 aromatic heterocycles. The first-order chi connectivity index (χ1) is 17.0. The van der Waals surface area contributed by atoms with E-state index in [0.29, 0.717) is 0 Å². The molecule has 3 aromatic carbocycles. The molecule has 0 radical (unpaired) electrons. The summed E-state index contributed by atoms with van der Waals surface area (Å²) in [5, 5.41) is 14.6. The topological polar surface area (TPSA) is 114 Å². The van der Waals surface area contributed by atoms with Gasteiger partial charge in [-0.1, -0.05) is 91.0 Å². The summed E-state index contributed by atoms with van der Waals surface area (Å²) in [4.78, 5) is 37.2. The smallest absolute Gasteiger partial charge is 0.408 e. The maximum Gasteiger partial charge on any atom is 0.408 e. The van der Waals surface area contributed by atoms with Gasteiger partial charge in [-0.05, 0) is 16.7 Å². The van der Waals surface area contributed by atoms with Gasteiger partial charge in [0.05, 0.1) is 13.2 Å². The fraction of sp³-hybridized carbons (Fsp3) is 0.222. The minimum atomic E-state index is -1.29. The third kappa shape index (κ3) is 8.94. The summed E-state index contributed by atoms with van der Waals surface area (Å²) < 4.78 is 10.7. The van der Waals surface area contributed by atoms with Gasteiger partial charge in [0.15, 0.2) is 6.04 Å². The maximum atomic E-state index is 13.0. The van der Waals surface area contributed by atoms with Crippen LogP contribution in [0.2, 0.25) is 0 Å². The van der Waals surface area contributed by atoms with Gasteiger partial charge in [0, 0.05) is 6.42 Å². The summed E-state index contributed by atoms with van der Waals surface area (Å²) in [6.07, 6.45) is -0.623. The summed E-state index contributed by atoms with van der Waals surface area (Å²) in [5.41, 5.74) is 2.48. The van der Waals surface area contributed by atoms with Crippen LogP contribution in [0.25, 0.3) is 0 Å². The average Bonchev–Trinajstić information content (AvgIpc) is 2.88. The van der Waals surface area contributed by atoms with Crippen LogP contribution in [0.1, 0.15) is 16.7 Å². The van der Waals surface area contributed by atoms with Crippen molar-refractivity contribution in [2.24, 2.45) is 0 Å². The van der Waals surface area contributed by atoms with E-state index in [4.69, 9.17) is 9.47 Å². The van der Waals surface area contributed by atoms with Gasteiger partial charge in [0.1, 0.15) is 12.6 Å². The molecule has 182 valence electrons. The first kappa shape index (κ1) is 25.5. The zero-order valence-electron chi connectivity index (χ0n) is 19.1. The number of benzene rings is 3. The molecule has 2 atom stereocenters. The Balaban J connectivity index is 1.61. The number of amides is 2. The van der Waals surface area contributed by atoms with Crippen LogP contribution >= 0.6 is 0 Å². The summed E-state index contributed by atoms with van der Waals surface area (Å²) in [5.74, 6) is -1.89. The van der Waals surface area contributed by atoms with Crippen LogP contribution in [-0.4, -0.2) is 41.8 Å². The molecular formula is C27H28N2O6. The van der Waals surface area contributed by atoms with Crippen LogP contribution in [0.3, 0.4) is 0 Å². The van der Waals surface area contributed by atoms with Gasteiger partial charge in [-0.2, -0.15) is 0 Å². The first-order valence-electron chi connectivity index (χ1n) is 11.2. The first-order valence-corrected chi connectivity index (χ1v) is 11.2. The average molecular weight is 477 g/mol. The summed E-state index contributed by atoms with van der Waals surface area (Å²) in [6.45, 7) is 0.0158. The number of rotatable bonds is 12. The molecule has 8 heteroatoms. The molecule has 0 heterocycles. The molecule has 0 unspecified atom stereocenters. The highest BCUT2D eigenvalue weighted by atomic mass is 16.5. The molecule has 3 N–H and O–H groups in total. The summed E-state index contributed by atoms with van der Waals surface area (Å²) >= 11 is 0. The number of carbonyl (C=O) groups is 3. The Bertz CT molecular complexity index is 1080. The van der Waals surface area contributed by atoms with Gasteiger partial charge < -0.3 is 25.2 Å². The second-order valence-electron chi connectivity index (χ2n) is 7.85. The van der Waals surface area contributed by atoms with E-state index in [0.717, 1.165) is 16.7 Å². The molecule has 0 aliphatic rings. The fourth-order valence-corrected chi connectivity index (χ4v) is 3.28. The molecule has 35 heavy (non-hydrogen) atoms. The van der Waals surface area contributed by atoms with Gasteiger partial charge in [0.25, 0.3) is 0 Å². The quantitative estimate of drug-likeness (QED) is 0.370. The van der Waals surface area contributed by atoms with E-state index in [1.807, 2.05) is 91.0 Å². The molecule has 0 saturated heterocycles. The van der Waals surface area contributed by atoms with Gasteiger partial charge >= 0.3 is 12.1 Å². The van der Waals surface area contributed by atoms with Crippen molar-refractivity contribution in [1.82, 2.24) is 10.6 Å². The molecule has 3 rings (SSSR count). The maximum absolute atomic E-state index is 13.0. The van der Waals surface area contributed by atoms with Gasteiger partial charge in [-0.3, -0.25) is 4.79 Å². The van der Waals surface area contributed by atoms with Crippen molar-refractivity contribution >= 4 is 18.0 Å². The van der Waals surface area contributed by atoms with Crippen molar-refractivity contribution < 1.29 is 29.0 Å². The molecule has 0 saturated carbocycles. The van der Waals surface area contributed by atoms with Gasteiger partial charge in [0.2, 0.25) is 5.91 Å². The highest BCUT2D eigenvalue weighted by Crippen LogP contribution is 2.07. The predicted molar refractivity (Wildman–Crippen MR) is 129 cm³/mol. The Labute approximate surface area is 203 Å². The van der Waals surface area contributed by atoms with Crippen LogP contribution in [0.15, 0.2) is 91.0 Å². The SMILES string of the molecule is O=C(N[C@@H](Cc1ccccc1)C(=O)N[C@@H](COCc1ccccc1)C(=O)O)OCc1ccccc1. The Kier molecular flexibility index (Phi) is 9.83. The number of hydrogen-bond acceptors (Lipinski definition) is 5. The number of hydrogen-bond donors (Lipinski definition) is 3. The van der Waals surface area contributed by atoms with E-state index in [-0.39, 0.29) is 26.2 Å². The Hall–Kier alpha value is -4.17. The Morgan fingerprint density at radius 1 is 0.686 bits per heavy atom. The lowest BCUT2D eigenvalue weighted by Gasteiger charge is -2.21.